The molecule has 1 fully saturated rings. The van der Waals surface area contributed by atoms with Gasteiger partial charge in [0.25, 0.3) is 5.91 Å². The molecule has 1 aromatic carbocycles. The van der Waals surface area contributed by atoms with Crippen molar-refractivity contribution in [2.75, 3.05) is 6.54 Å². The summed E-state index contributed by atoms with van der Waals surface area (Å²) in [5, 5.41) is 12.9. The zero-order chi connectivity index (χ0) is 16.4. The predicted octanol–water partition coefficient (Wildman–Crippen LogP) is 2.06. The van der Waals surface area contributed by atoms with Crippen molar-refractivity contribution in [2.24, 2.45) is 5.92 Å². The number of aliphatic carboxylic acids is 1. The molecule has 2 heterocycles. The van der Waals surface area contributed by atoms with E-state index >= 15 is 0 Å². The standard InChI is InChI=1S/C16H17N3O4/c1-10-2-3-13(16(21)22)8-19(10)15(20)12-6-4-11(5-7-12)14-17-9-23-18-14/h4-7,9-10,13H,2-3,8H2,1H3,(H,21,22). The number of amides is 1. The molecule has 0 radical (unpaired) electrons. The van der Waals surface area contributed by atoms with E-state index in [2.05, 4.69) is 10.1 Å². The highest BCUT2D eigenvalue weighted by Crippen LogP contribution is 2.24. The molecular weight excluding hydrogens is 298 g/mol. The Bertz CT molecular complexity index is 697. The molecule has 7 heteroatoms. The van der Waals surface area contributed by atoms with Crippen molar-refractivity contribution < 1.29 is 19.2 Å². The number of nitrogens with zero attached hydrogens (tertiary/aromatic N) is 3. The Kier molecular flexibility index (Phi) is 4.10. The first kappa shape index (κ1) is 15.2. The third-order valence-corrected chi connectivity index (χ3v) is 4.24. The molecule has 3 rings (SSSR count). The van der Waals surface area contributed by atoms with Crippen molar-refractivity contribution >= 4 is 11.9 Å². The van der Waals surface area contributed by atoms with E-state index in [0.717, 1.165) is 5.56 Å². The number of carboxylic acid groups (broad SMARTS) is 1. The van der Waals surface area contributed by atoms with Gasteiger partial charge in [0, 0.05) is 23.7 Å². The summed E-state index contributed by atoms with van der Waals surface area (Å²) in [6.45, 7) is 2.20. The SMILES string of the molecule is CC1CCC(C(=O)O)CN1C(=O)c1ccc(-c2ncon2)cc1. The summed E-state index contributed by atoms with van der Waals surface area (Å²) in [6, 6.07) is 6.94. The van der Waals surface area contributed by atoms with E-state index in [1.807, 2.05) is 6.92 Å². The number of benzene rings is 1. The summed E-state index contributed by atoms with van der Waals surface area (Å²) >= 11 is 0. The molecule has 0 aliphatic carbocycles. The fourth-order valence-corrected chi connectivity index (χ4v) is 2.82. The Morgan fingerprint density at radius 1 is 1.26 bits per heavy atom. The van der Waals surface area contributed by atoms with Gasteiger partial charge in [-0.15, -0.1) is 0 Å². The highest BCUT2D eigenvalue weighted by molar-refractivity contribution is 5.95. The monoisotopic (exact) mass is 315 g/mol. The molecule has 23 heavy (non-hydrogen) atoms. The van der Waals surface area contributed by atoms with E-state index < -0.39 is 11.9 Å². The lowest BCUT2D eigenvalue weighted by molar-refractivity contribution is -0.143. The van der Waals surface area contributed by atoms with Gasteiger partial charge in [0.05, 0.1) is 5.92 Å². The lowest BCUT2D eigenvalue weighted by Crippen LogP contribution is -2.47. The van der Waals surface area contributed by atoms with E-state index in [1.165, 1.54) is 6.39 Å². The summed E-state index contributed by atoms with van der Waals surface area (Å²) in [5.41, 5.74) is 1.28. The molecule has 120 valence electrons. The zero-order valence-electron chi connectivity index (χ0n) is 12.7. The molecular formula is C16H17N3O4. The van der Waals surface area contributed by atoms with Crippen molar-refractivity contribution in [1.29, 1.82) is 0 Å². The first-order valence-corrected chi connectivity index (χ1v) is 7.47. The molecule has 1 N–H and O–H groups in total. The number of aromatic nitrogens is 2. The van der Waals surface area contributed by atoms with E-state index in [4.69, 9.17) is 4.52 Å². The number of likely N-dealkylation sites (tertiary alicyclic amines) is 1. The van der Waals surface area contributed by atoms with Gasteiger partial charge in [0.2, 0.25) is 12.2 Å². The molecule has 1 aliphatic rings. The van der Waals surface area contributed by atoms with Crippen LogP contribution in [0.3, 0.4) is 0 Å². The van der Waals surface area contributed by atoms with Crippen molar-refractivity contribution in [2.45, 2.75) is 25.8 Å². The molecule has 0 bridgehead atoms. The number of carbonyl (C=O) groups is 2. The molecule has 2 aromatic rings. The quantitative estimate of drug-likeness (QED) is 0.931. The second-order valence-electron chi connectivity index (χ2n) is 5.75. The maximum Gasteiger partial charge on any atom is 0.308 e. The van der Waals surface area contributed by atoms with E-state index in [9.17, 15) is 14.7 Å². The fraction of sp³-hybridized carbons (Fsp3) is 0.375. The first-order valence-electron chi connectivity index (χ1n) is 7.47. The van der Waals surface area contributed by atoms with Crippen LogP contribution in [0.25, 0.3) is 11.4 Å². The van der Waals surface area contributed by atoms with Crippen LogP contribution in [0.4, 0.5) is 0 Å². The minimum absolute atomic E-state index is 0.0370. The maximum absolute atomic E-state index is 12.7. The molecule has 1 aliphatic heterocycles. The first-order chi connectivity index (χ1) is 11.1. The normalized spacial score (nSPS) is 21.2. The third kappa shape index (κ3) is 3.08. The number of carbonyl (C=O) groups excluding carboxylic acids is 1. The second-order valence-corrected chi connectivity index (χ2v) is 5.75. The van der Waals surface area contributed by atoms with Crippen LogP contribution in [0, 0.1) is 5.92 Å². The number of hydrogen-bond donors (Lipinski definition) is 1. The second kappa shape index (κ2) is 6.20. The molecule has 7 nitrogen and oxygen atoms in total. The van der Waals surface area contributed by atoms with Crippen LogP contribution in [0.2, 0.25) is 0 Å². The van der Waals surface area contributed by atoms with Crippen LogP contribution >= 0.6 is 0 Å². The molecule has 0 saturated carbocycles. The molecule has 2 unspecified atom stereocenters. The lowest BCUT2D eigenvalue weighted by atomic mass is 9.93. The smallest absolute Gasteiger partial charge is 0.308 e. The maximum atomic E-state index is 12.7. The predicted molar refractivity (Wildman–Crippen MR) is 80.6 cm³/mol. The van der Waals surface area contributed by atoms with Crippen molar-refractivity contribution in [1.82, 2.24) is 15.0 Å². The topological polar surface area (TPSA) is 96.5 Å². The molecule has 1 aromatic heterocycles. The molecule has 0 spiro atoms. The summed E-state index contributed by atoms with van der Waals surface area (Å²) in [6.07, 6.45) is 2.55. The van der Waals surface area contributed by atoms with E-state index in [0.29, 0.717) is 24.2 Å². The van der Waals surface area contributed by atoms with E-state index in [1.54, 1.807) is 29.2 Å². The zero-order valence-corrected chi connectivity index (χ0v) is 12.7. The van der Waals surface area contributed by atoms with Gasteiger partial charge in [-0.05, 0) is 31.9 Å². The van der Waals surface area contributed by atoms with E-state index in [-0.39, 0.29) is 18.5 Å². The summed E-state index contributed by atoms with van der Waals surface area (Å²) in [5.74, 6) is -1.03. The minimum atomic E-state index is -0.845. The fourth-order valence-electron chi connectivity index (χ4n) is 2.82. The highest BCUT2D eigenvalue weighted by Gasteiger charge is 2.32. The Hall–Kier alpha value is -2.70. The number of carboxylic acids is 1. The average molecular weight is 315 g/mol. The Labute approximate surface area is 132 Å². The highest BCUT2D eigenvalue weighted by atomic mass is 16.5. The summed E-state index contributed by atoms with van der Waals surface area (Å²) < 4.78 is 4.70. The number of hydrogen-bond acceptors (Lipinski definition) is 5. The number of rotatable bonds is 3. The largest absolute Gasteiger partial charge is 0.481 e. The Morgan fingerprint density at radius 3 is 2.61 bits per heavy atom. The van der Waals surface area contributed by atoms with Crippen LogP contribution in [0.1, 0.15) is 30.1 Å². The molecule has 2 atom stereocenters. The van der Waals surface area contributed by atoms with Crippen LogP contribution in [0.5, 0.6) is 0 Å². The third-order valence-electron chi connectivity index (χ3n) is 4.24. The average Bonchev–Trinajstić information content (AvgIpc) is 3.09. The van der Waals surface area contributed by atoms with Crippen LogP contribution < -0.4 is 0 Å². The van der Waals surface area contributed by atoms with Gasteiger partial charge in [0.1, 0.15) is 0 Å². The van der Waals surface area contributed by atoms with Gasteiger partial charge in [-0.2, -0.15) is 4.98 Å². The minimum Gasteiger partial charge on any atom is -0.481 e. The summed E-state index contributed by atoms with van der Waals surface area (Å²) in [4.78, 5) is 29.4. The number of piperidine rings is 1. The van der Waals surface area contributed by atoms with Crippen molar-refractivity contribution in [3.8, 4) is 11.4 Å². The van der Waals surface area contributed by atoms with Crippen LogP contribution in [0.15, 0.2) is 35.2 Å². The van der Waals surface area contributed by atoms with Gasteiger partial charge < -0.3 is 14.5 Å². The van der Waals surface area contributed by atoms with Crippen LogP contribution in [-0.2, 0) is 4.79 Å². The van der Waals surface area contributed by atoms with Gasteiger partial charge in [-0.1, -0.05) is 17.3 Å². The Balaban J connectivity index is 1.77. The van der Waals surface area contributed by atoms with Gasteiger partial charge in [0.15, 0.2) is 0 Å². The Morgan fingerprint density at radius 2 is 2.00 bits per heavy atom. The van der Waals surface area contributed by atoms with Gasteiger partial charge in [-0.25, -0.2) is 0 Å². The molecule has 1 amide bonds. The summed E-state index contributed by atoms with van der Waals surface area (Å²) in [7, 11) is 0. The van der Waals surface area contributed by atoms with Crippen LogP contribution in [-0.4, -0.2) is 44.6 Å². The van der Waals surface area contributed by atoms with Gasteiger partial charge in [-0.3, -0.25) is 9.59 Å². The van der Waals surface area contributed by atoms with Crippen molar-refractivity contribution in [3.05, 3.63) is 36.2 Å². The van der Waals surface area contributed by atoms with Gasteiger partial charge >= 0.3 is 5.97 Å². The van der Waals surface area contributed by atoms with Crippen molar-refractivity contribution in [3.63, 3.8) is 0 Å². The lowest BCUT2D eigenvalue weighted by Gasteiger charge is -2.36. The molecule has 1 saturated heterocycles.